The van der Waals surface area contributed by atoms with E-state index in [1.807, 2.05) is 0 Å². The van der Waals surface area contributed by atoms with Crippen molar-refractivity contribution in [2.75, 3.05) is 26.3 Å². The Kier molecular flexibility index (Phi) is 6.65. The molecule has 0 aliphatic carbocycles. The highest BCUT2D eigenvalue weighted by molar-refractivity contribution is 7.89. The lowest BCUT2D eigenvalue weighted by atomic mass is 9.95. The predicted octanol–water partition coefficient (Wildman–Crippen LogP) is 6.04. The van der Waals surface area contributed by atoms with Gasteiger partial charge in [0.05, 0.1) is 29.2 Å². The number of aromatic nitrogens is 1. The first-order chi connectivity index (χ1) is 17.6. The van der Waals surface area contributed by atoms with Crippen molar-refractivity contribution in [3.8, 4) is 22.6 Å². The Morgan fingerprint density at radius 1 is 0.946 bits per heavy atom. The van der Waals surface area contributed by atoms with Gasteiger partial charge >= 0.3 is 6.18 Å². The van der Waals surface area contributed by atoms with Crippen LogP contribution in [0.3, 0.4) is 0 Å². The summed E-state index contributed by atoms with van der Waals surface area (Å²) in [5.41, 5.74) is 1.13. The molecular weight excluding hydrogens is 505 g/mol. The number of ether oxygens (including phenoxy) is 2. The Labute approximate surface area is 212 Å². The zero-order valence-corrected chi connectivity index (χ0v) is 20.6. The second-order valence-electron chi connectivity index (χ2n) is 8.63. The van der Waals surface area contributed by atoms with Gasteiger partial charge in [-0.2, -0.15) is 17.5 Å². The number of alkyl halides is 3. The zero-order chi connectivity index (χ0) is 26.2. The number of morpholine rings is 1. The van der Waals surface area contributed by atoms with Gasteiger partial charge in [0.25, 0.3) is 0 Å². The summed E-state index contributed by atoms with van der Waals surface area (Å²) >= 11 is 0. The molecule has 0 N–H and O–H groups in total. The minimum absolute atomic E-state index is 0.112. The molecule has 192 valence electrons. The summed E-state index contributed by atoms with van der Waals surface area (Å²) in [6.07, 6.45) is -3.08. The highest BCUT2D eigenvalue weighted by atomic mass is 32.2. The number of nitrogens with zero attached hydrogens (tertiary/aromatic N) is 2. The van der Waals surface area contributed by atoms with Crippen LogP contribution in [-0.2, 0) is 20.9 Å². The Hall–Kier alpha value is -3.47. The summed E-state index contributed by atoms with van der Waals surface area (Å²) in [6.45, 7) is 3.13. The van der Waals surface area contributed by atoms with Crippen molar-refractivity contribution < 1.29 is 31.1 Å². The number of hydrogen-bond donors (Lipinski definition) is 0. The molecule has 1 saturated heterocycles. The summed E-state index contributed by atoms with van der Waals surface area (Å²) in [6, 6.07) is 17.2. The van der Waals surface area contributed by atoms with E-state index in [0.29, 0.717) is 54.3 Å². The minimum atomic E-state index is -4.52. The quantitative estimate of drug-likeness (QED) is 0.316. The number of benzene rings is 3. The highest BCUT2D eigenvalue weighted by Gasteiger charge is 2.33. The molecule has 0 radical (unpaired) electrons. The molecule has 3 aromatic carbocycles. The van der Waals surface area contributed by atoms with E-state index in [9.17, 15) is 21.6 Å². The number of para-hydroxylation sites is 1. The van der Waals surface area contributed by atoms with E-state index in [1.165, 1.54) is 28.7 Å². The fourth-order valence-electron chi connectivity index (χ4n) is 4.40. The number of fused-ring (bicyclic) bond motifs is 1. The standard InChI is InChI=1S/C27H23F3N2O4S/c1-18-17-31-26-23(6-3-7-24(26)27(28,29)30)25(18)19-4-2-5-21(16-19)36-20-8-10-22(11-9-20)37(33,34)32-12-14-35-15-13-32/h2-11,16-17H,12-15H2,1H3. The Morgan fingerprint density at radius 3 is 2.35 bits per heavy atom. The van der Waals surface area contributed by atoms with E-state index in [4.69, 9.17) is 9.47 Å². The molecule has 4 aromatic rings. The molecule has 6 nitrogen and oxygen atoms in total. The fraction of sp³-hybridized carbons (Fsp3) is 0.222. The molecule has 0 bridgehead atoms. The van der Waals surface area contributed by atoms with Crippen molar-refractivity contribution in [1.82, 2.24) is 9.29 Å². The Morgan fingerprint density at radius 2 is 1.65 bits per heavy atom. The third-order valence-corrected chi connectivity index (χ3v) is 8.10. The second-order valence-corrected chi connectivity index (χ2v) is 10.6. The molecule has 1 fully saturated rings. The molecule has 2 heterocycles. The largest absolute Gasteiger partial charge is 0.457 e. The summed E-state index contributed by atoms with van der Waals surface area (Å²) < 4.78 is 78.9. The summed E-state index contributed by atoms with van der Waals surface area (Å²) in [5.74, 6) is 0.881. The van der Waals surface area contributed by atoms with Gasteiger partial charge in [0.1, 0.15) is 11.5 Å². The van der Waals surface area contributed by atoms with Crippen LogP contribution >= 0.6 is 0 Å². The van der Waals surface area contributed by atoms with E-state index in [0.717, 1.165) is 11.6 Å². The van der Waals surface area contributed by atoms with E-state index < -0.39 is 21.8 Å². The molecule has 0 unspecified atom stereocenters. The molecule has 0 spiro atoms. The van der Waals surface area contributed by atoms with Crippen LogP contribution < -0.4 is 4.74 Å². The van der Waals surface area contributed by atoms with E-state index in [1.54, 1.807) is 49.4 Å². The molecule has 0 atom stereocenters. The zero-order valence-electron chi connectivity index (χ0n) is 19.8. The minimum Gasteiger partial charge on any atom is -0.457 e. The molecular formula is C27H23F3N2O4S. The normalized spacial score (nSPS) is 15.1. The van der Waals surface area contributed by atoms with Gasteiger partial charge in [-0.25, -0.2) is 8.42 Å². The van der Waals surface area contributed by atoms with E-state index in [-0.39, 0.29) is 10.4 Å². The lowest BCUT2D eigenvalue weighted by Crippen LogP contribution is -2.40. The molecule has 0 saturated carbocycles. The Bertz CT molecular complexity index is 1550. The number of aryl methyl sites for hydroxylation is 1. The molecule has 10 heteroatoms. The third-order valence-electron chi connectivity index (χ3n) is 6.18. The van der Waals surface area contributed by atoms with Crippen molar-refractivity contribution in [3.63, 3.8) is 0 Å². The van der Waals surface area contributed by atoms with Gasteiger partial charge in [0.15, 0.2) is 0 Å². The monoisotopic (exact) mass is 528 g/mol. The van der Waals surface area contributed by atoms with Gasteiger partial charge in [0.2, 0.25) is 10.0 Å². The fourth-order valence-corrected chi connectivity index (χ4v) is 5.81. The number of halogens is 3. The van der Waals surface area contributed by atoms with Gasteiger partial charge in [-0.05, 0) is 66.1 Å². The average Bonchev–Trinajstić information content (AvgIpc) is 2.88. The van der Waals surface area contributed by atoms with Crippen LogP contribution in [0.1, 0.15) is 11.1 Å². The summed E-state index contributed by atoms with van der Waals surface area (Å²) in [7, 11) is -3.62. The van der Waals surface area contributed by atoms with Gasteiger partial charge < -0.3 is 9.47 Å². The summed E-state index contributed by atoms with van der Waals surface area (Å²) in [5, 5.41) is 0.393. The maximum atomic E-state index is 13.6. The molecule has 5 rings (SSSR count). The first-order valence-electron chi connectivity index (χ1n) is 11.6. The number of rotatable bonds is 5. The van der Waals surface area contributed by atoms with Crippen LogP contribution in [0.2, 0.25) is 0 Å². The van der Waals surface area contributed by atoms with Crippen LogP contribution in [0.25, 0.3) is 22.0 Å². The van der Waals surface area contributed by atoms with Crippen LogP contribution in [0, 0.1) is 6.92 Å². The molecule has 1 aliphatic heterocycles. The predicted molar refractivity (Wildman–Crippen MR) is 133 cm³/mol. The maximum absolute atomic E-state index is 13.6. The topological polar surface area (TPSA) is 68.7 Å². The van der Waals surface area contributed by atoms with Crippen molar-refractivity contribution >= 4 is 20.9 Å². The van der Waals surface area contributed by atoms with Gasteiger partial charge in [-0.15, -0.1) is 0 Å². The van der Waals surface area contributed by atoms with Crippen molar-refractivity contribution in [2.45, 2.75) is 18.0 Å². The van der Waals surface area contributed by atoms with Gasteiger partial charge in [0, 0.05) is 24.7 Å². The molecule has 1 aliphatic rings. The average molecular weight is 529 g/mol. The molecule has 0 amide bonds. The number of hydrogen-bond acceptors (Lipinski definition) is 5. The van der Waals surface area contributed by atoms with Crippen molar-refractivity contribution in [1.29, 1.82) is 0 Å². The summed E-state index contributed by atoms with van der Waals surface area (Å²) in [4.78, 5) is 4.24. The van der Waals surface area contributed by atoms with Gasteiger partial charge in [-0.3, -0.25) is 4.98 Å². The van der Waals surface area contributed by atoms with Crippen molar-refractivity contribution in [3.05, 3.63) is 84.1 Å². The lowest BCUT2D eigenvalue weighted by Gasteiger charge is -2.26. The van der Waals surface area contributed by atoms with Crippen molar-refractivity contribution in [2.24, 2.45) is 0 Å². The molecule has 1 aromatic heterocycles. The van der Waals surface area contributed by atoms with Crippen LogP contribution in [0.4, 0.5) is 13.2 Å². The first-order valence-corrected chi connectivity index (χ1v) is 13.0. The third kappa shape index (κ3) is 5.04. The smallest absolute Gasteiger partial charge is 0.418 e. The molecule has 37 heavy (non-hydrogen) atoms. The van der Waals surface area contributed by atoms with E-state index >= 15 is 0 Å². The SMILES string of the molecule is Cc1cnc2c(C(F)(F)F)cccc2c1-c1cccc(Oc2ccc(S(=O)(=O)N3CCOCC3)cc2)c1. The Balaban J connectivity index is 1.44. The lowest BCUT2D eigenvalue weighted by molar-refractivity contribution is -0.136. The second kappa shape index (κ2) is 9.77. The maximum Gasteiger partial charge on any atom is 0.418 e. The van der Waals surface area contributed by atoms with Crippen LogP contribution in [0.15, 0.2) is 77.8 Å². The number of sulfonamides is 1. The number of pyridine rings is 1. The van der Waals surface area contributed by atoms with Gasteiger partial charge in [-0.1, -0.05) is 24.3 Å². The first kappa shape index (κ1) is 25.2. The highest BCUT2D eigenvalue weighted by Crippen LogP contribution is 2.39. The van der Waals surface area contributed by atoms with Crippen LogP contribution in [0.5, 0.6) is 11.5 Å². The van der Waals surface area contributed by atoms with E-state index in [2.05, 4.69) is 4.98 Å². The van der Waals surface area contributed by atoms with Crippen LogP contribution in [-0.4, -0.2) is 44.0 Å².